The predicted octanol–water partition coefficient (Wildman–Crippen LogP) is 3.98. The number of hydrogen-bond acceptors (Lipinski definition) is 3. The van der Waals surface area contributed by atoms with Crippen molar-refractivity contribution in [3.05, 3.63) is 57.6 Å². The third-order valence-corrected chi connectivity index (χ3v) is 3.60. The van der Waals surface area contributed by atoms with Crippen molar-refractivity contribution in [3.8, 4) is 11.5 Å². The summed E-state index contributed by atoms with van der Waals surface area (Å²) in [5, 5.41) is 19.6. The van der Waals surface area contributed by atoms with Crippen LogP contribution < -0.4 is 0 Å². The highest BCUT2D eigenvalue weighted by Gasteiger charge is 2.16. The van der Waals surface area contributed by atoms with Crippen molar-refractivity contribution in [2.45, 2.75) is 19.8 Å². The maximum atomic E-state index is 12.1. The van der Waals surface area contributed by atoms with Gasteiger partial charge in [-0.15, -0.1) is 0 Å². The first-order valence-corrected chi connectivity index (χ1v) is 7.07. The summed E-state index contributed by atoms with van der Waals surface area (Å²) >= 11 is 3.35. The molecule has 0 radical (unpaired) electrons. The molecule has 2 N–H and O–H groups in total. The minimum absolute atomic E-state index is 0.00714. The summed E-state index contributed by atoms with van der Waals surface area (Å²) in [6.45, 7) is 1.75. The van der Waals surface area contributed by atoms with Crippen LogP contribution in [-0.2, 0) is 6.42 Å². The molecule has 0 amide bonds. The summed E-state index contributed by atoms with van der Waals surface area (Å²) in [6, 6.07) is 10.7. The molecule has 0 bridgehead atoms. The Bertz CT molecular complexity index is 610. The van der Waals surface area contributed by atoms with Crippen molar-refractivity contribution < 1.29 is 15.0 Å². The maximum Gasteiger partial charge on any atom is 0.170 e. The standard InChI is InChI=1S/C16H15BrO3/c1-10-8-14(19)16(15(20)9-10)13(18)7-4-11-2-5-12(17)6-3-11/h2-3,5-6,8-9,19-20H,4,7H2,1H3. The van der Waals surface area contributed by atoms with E-state index >= 15 is 0 Å². The Morgan fingerprint density at radius 1 is 1.10 bits per heavy atom. The number of hydrogen-bond donors (Lipinski definition) is 2. The first-order chi connectivity index (χ1) is 9.47. The van der Waals surface area contributed by atoms with Crippen LogP contribution in [-0.4, -0.2) is 16.0 Å². The minimum atomic E-state index is -0.261. The summed E-state index contributed by atoms with van der Waals surface area (Å²) in [5.74, 6) is -0.588. The number of Topliss-reactive ketones (excluding diaryl/α,β-unsaturated/α-hetero) is 1. The Labute approximate surface area is 126 Å². The van der Waals surface area contributed by atoms with Crippen molar-refractivity contribution in [3.63, 3.8) is 0 Å². The van der Waals surface area contributed by atoms with Crippen LogP contribution >= 0.6 is 15.9 Å². The van der Waals surface area contributed by atoms with Crippen LogP contribution in [0.1, 0.15) is 27.9 Å². The highest BCUT2D eigenvalue weighted by Crippen LogP contribution is 2.30. The lowest BCUT2D eigenvalue weighted by atomic mass is 10.00. The highest BCUT2D eigenvalue weighted by molar-refractivity contribution is 9.10. The van der Waals surface area contributed by atoms with Crippen LogP contribution in [0.15, 0.2) is 40.9 Å². The minimum Gasteiger partial charge on any atom is -0.507 e. The van der Waals surface area contributed by atoms with Gasteiger partial charge in [0.05, 0.1) is 0 Å². The summed E-state index contributed by atoms with van der Waals surface area (Å²) < 4.78 is 0.987. The normalized spacial score (nSPS) is 10.5. The molecule has 0 aliphatic carbocycles. The first-order valence-electron chi connectivity index (χ1n) is 6.27. The van der Waals surface area contributed by atoms with Gasteiger partial charge in [-0.3, -0.25) is 4.79 Å². The number of phenolic OH excluding ortho intramolecular Hbond substituents is 2. The zero-order valence-electron chi connectivity index (χ0n) is 11.1. The van der Waals surface area contributed by atoms with Crippen molar-refractivity contribution in [1.29, 1.82) is 0 Å². The van der Waals surface area contributed by atoms with E-state index in [0.717, 1.165) is 10.0 Å². The highest BCUT2D eigenvalue weighted by atomic mass is 79.9. The van der Waals surface area contributed by atoms with Gasteiger partial charge in [-0.25, -0.2) is 0 Å². The fraction of sp³-hybridized carbons (Fsp3) is 0.188. The monoisotopic (exact) mass is 334 g/mol. The van der Waals surface area contributed by atoms with Crippen molar-refractivity contribution in [2.75, 3.05) is 0 Å². The number of carbonyl (C=O) groups is 1. The van der Waals surface area contributed by atoms with Crippen LogP contribution in [0.4, 0.5) is 0 Å². The second kappa shape index (κ2) is 6.09. The van der Waals surface area contributed by atoms with Crippen LogP contribution in [0.5, 0.6) is 11.5 Å². The van der Waals surface area contributed by atoms with E-state index in [1.807, 2.05) is 24.3 Å². The Kier molecular flexibility index (Phi) is 4.45. The molecule has 0 aromatic heterocycles. The molecular formula is C16H15BrO3. The molecule has 20 heavy (non-hydrogen) atoms. The molecule has 0 spiro atoms. The molecule has 0 aliphatic heterocycles. The maximum absolute atomic E-state index is 12.1. The van der Waals surface area contributed by atoms with Gasteiger partial charge in [0, 0.05) is 10.9 Å². The zero-order valence-corrected chi connectivity index (χ0v) is 12.6. The fourth-order valence-electron chi connectivity index (χ4n) is 2.07. The van der Waals surface area contributed by atoms with E-state index in [9.17, 15) is 15.0 Å². The Morgan fingerprint density at radius 3 is 2.20 bits per heavy atom. The topological polar surface area (TPSA) is 57.5 Å². The zero-order chi connectivity index (χ0) is 14.7. The van der Waals surface area contributed by atoms with Gasteiger partial charge in [0.25, 0.3) is 0 Å². The van der Waals surface area contributed by atoms with E-state index < -0.39 is 0 Å². The number of benzene rings is 2. The number of halogens is 1. The van der Waals surface area contributed by atoms with Crippen molar-refractivity contribution in [2.24, 2.45) is 0 Å². The fourth-order valence-corrected chi connectivity index (χ4v) is 2.33. The quantitative estimate of drug-likeness (QED) is 0.831. The molecule has 0 saturated heterocycles. The number of aryl methyl sites for hydroxylation is 2. The lowest BCUT2D eigenvalue weighted by molar-refractivity contribution is 0.0977. The van der Waals surface area contributed by atoms with E-state index in [2.05, 4.69) is 15.9 Å². The molecule has 3 nitrogen and oxygen atoms in total. The molecule has 2 aromatic rings. The lowest BCUT2D eigenvalue weighted by Gasteiger charge is -2.08. The molecule has 104 valence electrons. The van der Waals surface area contributed by atoms with Gasteiger partial charge in [-0.2, -0.15) is 0 Å². The molecular weight excluding hydrogens is 320 g/mol. The van der Waals surface area contributed by atoms with E-state index in [1.165, 1.54) is 12.1 Å². The molecule has 0 atom stereocenters. The smallest absolute Gasteiger partial charge is 0.170 e. The summed E-state index contributed by atoms with van der Waals surface area (Å²) in [7, 11) is 0. The number of carbonyl (C=O) groups excluding carboxylic acids is 1. The second-order valence-electron chi connectivity index (χ2n) is 4.73. The van der Waals surface area contributed by atoms with E-state index in [-0.39, 0.29) is 29.3 Å². The Morgan fingerprint density at radius 2 is 1.65 bits per heavy atom. The predicted molar refractivity (Wildman–Crippen MR) is 81.3 cm³/mol. The molecule has 0 saturated carbocycles. The largest absolute Gasteiger partial charge is 0.507 e. The number of rotatable bonds is 4. The van der Waals surface area contributed by atoms with Gasteiger partial charge in [0.1, 0.15) is 17.1 Å². The third kappa shape index (κ3) is 3.39. The first kappa shape index (κ1) is 14.6. The Hall–Kier alpha value is -1.81. The van der Waals surface area contributed by atoms with Crippen molar-refractivity contribution in [1.82, 2.24) is 0 Å². The third-order valence-electron chi connectivity index (χ3n) is 3.07. The Balaban J connectivity index is 2.11. The van der Waals surface area contributed by atoms with Gasteiger partial charge >= 0.3 is 0 Å². The molecule has 0 unspecified atom stereocenters. The van der Waals surface area contributed by atoms with Crippen LogP contribution in [0.3, 0.4) is 0 Å². The molecule has 0 fully saturated rings. The average Bonchev–Trinajstić information content (AvgIpc) is 2.37. The lowest BCUT2D eigenvalue weighted by Crippen LogP contribution is -2.02. The van der Waals surface area contributed by atoms with Crippen molar-refractivity contribution >= 4 is 21.7 Å². The van der Waals surface area contributed by atoms with Gasteiger partial charge in [-0.1, -0.05) is 28.1 Å². The van der Waals surface area contributed by atoms with Gasteiger partial charge in [0.15, 0.2) is 5.78 Å². The van der Waals surface area contributed by atoms with E-state index in [1.54, 1.807) is 6.92 Å². The molecule has 0 heterocycles. The molecule has 0 aliphatic rings. The molecule has 4 heteroatoms. The number of phenols is 2. The van der Waals surface area contributed by atoms with Gasteiger partial charge in [-0.05, 0) is 48.7 Å². The number of aromatic hydroxyl groups is 2. The summed E-state index contributed by atoms with van der Waals surface area (Å²) in [6.07, 6.45) is 0.810. The van der Waals surface area contributed by atoms with Gasteiger partial charge < -0.3 is 10.2 Å². The van der Waals surface area contributed by atoms with Gasteiger partial charge in [0.2, 0.25) is 0 Å². The van der Waals surface area contributed by atoms with Crippen LogP contribution in [0, 0.1) is 6.92 Å². The van der Waals surface area contributed by atoms with E-state index in [4.69, 9.17) is 0 Å². The summed E-state index contributed by atoms with van der Waals surface area (Å²) in [5.41, 5.74) is 1.75. The summed E-state index contributed by atoms with van der Waals surface area (Å²) in [4.78, 5) is 12.1. The second-order valence-corrected chi connectivity index (χ2v) is 5.64. The van der Waals surface area contributed by atoms with Crippen LogP contribution in [0.2, 0.25) is 0 Å². The number of ketones is 1. The van der Waals surface area contributed by atoms with Crippen LogP contribution in [0.25, 0.3) is 0 Å². The molecule has 2 aromatic carbocycles. The average molecular weight is 335 g/mol. The van der Waals surface area contributed by atoms with E-state index in [0.29, 0.717) is 12.0 Å². The molecule has 2 rings (SSSR count). The SMILES string of the molecule is Cc1cc(O)c(C(=O)CCc2ccc(Br)cc2)c(O)c1.